The fourth-order valence-electron chi connectivity index (χ4n) is 2.48. The highest BCUT2D eigenvalue weighted by molar-refractivity contribution is 5.78. The van der Waals surface area contributed by atoms with Crippen molar-refractivity contribution in [1.82, 2.24) is 10.2 Å². The lowest BCUT2D eigenvalue weighted by atomic mass is 10.2. The second-order valence-electron chi connectivity index (χ2n) is 5.61. The summed E-state index contributed by atoms with van der Waals surface area (Å²) in [7, 11) is 5.19. The second kappa shape index (κ2) is 8.93. The van der Waals surface area contributed by atoms with Crippen LogP contribution in [0.4, 0.5) is 0 Å². The van der Waals surface area contributed by atoms with Gasteiger partial charge in [-0.1, -0.05) is 30.3 Å². The number of methoxy groups -OCH3 is 2. The summed E-state index contributed by atoms with van der Waals surface area (Å²) in [6.45, 7) is 1.46. The molecule has 24 heavy (non-hydrogen) atoms. The van der Waals surface area contributed by atoms with Gasteiger partial charge in [0.05, 0.1) is 20.8 Å². The molecule has 5 heteroatoms. The molecule has 0 heterocycles. The maximum absolute atomic E-state index is 12.1. The van der Waals surface area contributed by atoms with E-state index in [0.717, 1.165) is 22.6 Å². The number of hydrogen-bond acceptors (Lipinski definition) is 4. The van der Waals surface area contributed by atoms with Crippen molar-refractivity contribution in [1.29, 1.82) is 0 Å². The van der Waals surface area contributed by atoms with Gasteiger partial charge in [0.15, 0.2) is 0 Å². The van der Waals surface area contributed by atoms with Crippen molar-refractivity contribution in [2.45, 2.75) is 13.1 Å². The smallest absolute Gasteiger partial charge is 0.234 e. The minimum absolute atomic E-state index is 0.0219. The van der Waals surface area contributed by atoms with Crippen LogP contribution < -0.4 is 14.8 Å². The molecular weight excluding hydrogens is 304 g/mol. The molecule has 0 atom stereocenters. The summed E-state index contributed by atoms with van der Waals surface area (Å²) in [6.07, 6.45) is 0. The van der Waals surface area contributed by atoms with Gasteiger partial charge in [0.25, 0.3) is 0 Å². The standard InChI is InChI=1S/C19H24N2O3/c1-21(13-15-7-6-9-17(11-15)23-2)14-19(22)20-12-16-8-4-5-10-18(16)24-3/h4-11H,12-14H2,1-3H3,(H,20,22). The molecule has 0 fully saturated rings. The molecule has 5 nitrogen and oxygen atoms in total. The Balaban J connectivity index is 1.83. The summed E-state index contributed by atoms with van der Waals surface area (Å²) in [6, 6.07) is 15.5. The summed E-state index contributed by atoms with van der Waals surface area (Å²) in [4.78, 5) is 14.1. The number of rotatable bonds is 8. The average molecular weight is 328 g/mol. The van der Waals surface area contributed by atoms with Crippen molar-refractivity contribution in [3.8, 4) is 11.5 Å². The van der Waals surface area contributed by atoms with Gasteiger partial charge in [-0.25, -0.2) is 0 Å². The number of benzene rings is 2. The number of para-hydroxylation sites is 1. The monoisotopic (exact) mass is 328 g/mol. The highest BCUT2D eigenvalue weighted by Crippen LogP contribution is 2.16. The third-order valence-corrected chi connectivity index (χ3v) is 3.67. The molecule has 0 aliphatic heterocycles. The minimum atomic E-state index is -0.0219. The molecule has 2 aromatic carbocycles. The first kappa shape index (κ1) is 17.8. The molecule has 0 bridgehead atoms. The Morgan fingerprint density at radius 3 is 2.62 bits per heavy atom. The summed E-state index contributed by atoms with van der Waals surface area (Å²) in [5.41, 5.74) is 2.07. The van der Waals surface area contributed by atoms with E-state index in [1.165, 1.54) is 0 Å². The molecule has 1 amide bonds. The normalized spacial score (nSPS) is 10.5. The Bertz CT molecular complexity index is 673. The first-order valence-corrected chi connectivity index (χ1v) is 7.82. The van der Waals surface area contributed by atoms with Crippen LogP contribution in [-0.2, 0) is 17.9 Å². The molecule has 0 aromatic heterocycles. The molecule has 0 saturated heterocycles. The van der Waals surface area contributed by atoms with Crippen molar-refractivity contribution >= 4 is 5.91 Å². The van der Waals surface area contributed by atoms with E-state index < -0.39 is 0 Å². The Kier molecular flexibility index (Phi) is 6.63. The maximum atomic E-state index is 12.1. The molecule has 0 spiro atoms. The summed E-state index contributed by atoms with van der Waals surface area (Å²) < 4.78 is 10.5. The number of carbonyl (C=O) groups excluding carboxylic acids is 1. The lowest BCUT2D eigenvalue weighted by Gasteiger charge is -2.17. The first-order chi connectivity index (χ1) is 11.6. The Hall–Kier alpha value is -2.53. The number of carbonyl (C=O) groups is 1. The number of nitrogens with zero attached hydrogens (tertiary/aromatic N) is 1. The van der Waals surface area contributed by atoms with Gasteiger partial charge in [0, 0.05) is 18.7 Å². The van der Waals surface area contributed by atoms with E-state index in [1.807, 2.05) is 60.5 Å². The number of hydrogen-bond donors (Lipinski definition) is 1. The number of amides is 1. The molecule has 2 aromatic rings. The molecule has 2 rings (SSSR count). The maximum Gasteiger partial charge on any atom is 0.234 e. The minimum Gasteiger partial charge on any atom is -0.497 e. The molecular formula is C19H24N2O3. The first-order valence-electron chi connectivity index (χ1n) is 7.82. The van der Waals surface area contributed by atoms with Crippen LogP contribution in [0.1, 0.15) is 11.1 Å². The Morgan fingerprint density at radius 1 is 1.08 bits per heavy atom. The van der Waals surface area contributed by atoms with E-state index in [0.29, 0.717) is 19.6 Å². The topological polar surface area (TPSA) is 50.8 Å². The van der Waals surface area contributed by atoms with E-state index in [9.17, 15) is 4.79 Å². The van der Waals surface area contributed by atoms with Crippen LogP contribution in [-0.4, -0.2) is 38.6 Å². The molecule has 0 radical (unpaired) electrons. The molecule has 128 valence electrons. The third kappa shape index (κ3) is 5.28. The van der Waals surface area contributed by atoms with Gasteiger partial charge in [-0.2, -0.15) is 0 Å². The highest BCUT2D eigenvalue weighted by Gasteiger charge is 2.09. The zero-order valence-corrected chi connectivity index (χ0v) is 14.4. The van der Waals surface area contributed by atoms with Crippen LogP contribution in [0.15, 0.2) is 48.5 Å². The van der Waals surface area contributed by atoms with Gasteiger partial charge in [-0.05, 0) is 30.8 Å². The molecule has 0 aliphatic rings. The predicted octanol–water partition coefficient (Wildman–Crippen LogP) is 2.45. The number of likely N-dealkylation sites (N-methyl/N-ethyl adjacent to an activating group) is 1. The van der Waals surface area contributed by atoms with Crippen molar-refractivity contribution in [3.05, 3.63) is 59.7 Å². The summed E-state index contributed by atoms with van der Waals surface area (Å²) >= 11 is 0. The molecule has 1 N–H and O–H groups in total. The van der Waals surface area contributed by atoms with Crippen LogP contribution >= 0.6 is 0 Å². The fourth-order valence-corrected chi connectivity index (χ4v) is 2.48. The molecule has 0 aliphatic carbocycles. The van der Waals surface area contributed by atoms with Gasteiger partial charge >= 0.3 is 0 Å². The predicted molar refractivity (Wildman–Crippen MR) is 94.2 cm³/mol. The summed E-state index contributed by atoms with van der Waals surface area (Å²) in [5.74, 6) is 1.58. The molecule has 0 unspecified atom stereocenters. The van der Waals surface area contributed by atoms with Gasteiger partial charge in [-0.3, -0.25) is 9.69 Å². The fraction of sp³-hybridized carbons (Fsp3) is 0.316. The van der Waals surface area contributed by atoms with Crippen LogP contribution in [0.5, 0.6) is 11.5 Å². The van der Waals surface area contributed by atoms with Crippen LogP contribution in [0.3, 0.4) is 0 Å². The van der Waals surface area contributed by atoms with Gasteiger partial charge in [0.2, 0.25) is 5.91 Å². The van der Waals surface area contributed by atoms with Crippen molar-refractivity contribution < 1.29 is 14.3 Å². The van der Waals surface area contributed by atoms with E-state index in [2.05, 4.69) is 5.32 Å². The largest absolute Gasteiger partial charge is 0.497 e. The Labute approximate surface area is 143 Å². The Morgan fingerprint density at radius 2 is 1.88 bits per heavy atom. The van der Waals surface area contributed by atoms with E-state index >= 15 is 0 Å². The highest BCUT2D eigenvalue weighted by atomic mass is 16.5. The average Bonchev–Trinajstić information content (AvgIpc) is 2.60. The zero-order valence-electron chi connectivity index (χ0n) is 14.4. The molecule has 0 saturated carbocycles. The van der Waals surface area contributed by atoms with Gasteiger partial charge in [0.1, 0.15) is 11.5 Å². The van der Waals surface area contributed by atoms with Crippen LogP contribution in [0.25, 0.3) is 0 Å². The second-order valence-corrected chi connectivity index (χ2v) is 5.61. The number of ether oxygens (including phenoxy) is 2. The van der Waals surface area contributed by atoms with Crippen LogP contribution in [0, 0.1) is 0 Å². The van der Waals surface area contributed by atoms with E-state index in [-0.39, 0.29) is 5.91 Å². The van der Waals surface area contributed by atoms with Crippen molar-refractivity contribution in [3.63, 3.8) is 0 Å². The van der Waals surface area contributed by atoms with Crippen molar-refractivity contribution in [2.75, 3.05) is 27.8 Å². The quantitative estimate of drug-likeness (QED) is 0.809. The lowest BCUT2D eigenvalue weighted by molar-refractivity contribution is -0.122. The van der Waals surface area contributed by atoms with Gasteiger partial charge in [-0.15, -0.1) is 0 Å². The zero-order chi connectivity index (χ0) is 17.4. The van der Waals surface area contributed by atoms with Crippen LogP contribution in [0.2, 0.25) is 0 Å². The van der Waals surface area contributed by atoms with Crippen molar-refractivity contribution in [2.24, 2.45) is 0 Å². The van der Waals surface area contributed by atoms with E-state index in [1.54, 1.807) is 14.2 Å². The van der Waals surface area contributed by atoms with Gasteiger partial charge < -0.3 is 14.8 Å². The third-order valence-electron chi connectivity index (χ3n) is 3.67. The number of nitrogens with one attached hydrogen (secondary N) is 1. The van der Waals surface area contributed by atoms with E-state index in [4.69, 9.17) is 9.47 Å². The summed E-state index contributed by atoms with van der Waals surface area (Å²) in [5, 5.41) is 2.93. The lowest BCUT2D eigenvalue weighted by Crippen LogP contribution is -2.34. The SMILES string of the molecule is COc1cccc(CN(C)CC(=O)NCc2ccccc2OC)c1.